The van der Waals surface area contributed by atoms with Gasteiger partial charge in [-0.2, -0.15) is 4.31 Å². The van der Waals surface area contributed by atoms with Crippen LogP contribution in [0.15, 0.2) is 34.7 Å². The van der Waals surface area contributed by atoms with Crippen molar-refractivity contribution in [3.63, 3.8) is 0 Å². The first-order chi connectivity index (χ1) is 15.8. The van der Waals surface area contributed by atoms with Crippen LogP contribution in [0.2, 0.25) is 0 Å². The highest BCUT2D eigenvalue weighted by molar-refractivity contribution is 7.91. The summed E-state index contributed by atoms with van der Waals surface area (Å²) in [6.45, 7) is 7.27. The van der Waals surface area contributed by atoms with Gasteiger partial charge in [-0.25, -0.2) is 13.4 Å². The number of ether oxygens (including phenoxy) is 1. The third-order valence-corrected chi connectivity index (χ3v) is 9.37. The molecule has 0 radical (unpaired) electrons. The summed E-state index contributed by atoms with van der Waals surface area (Å²) >= 11 is 1.18. The molecule has 0 aromatic carbocycles. The molecule has 1 N–H and O–H groups in total. The monoisotopic (exact) mass is 492 g/mol. The van der Waals surface area contributed by atoms with Crippen LogP contribution in [0.4, 0.5) is 5.82 Å². The van der Waals surface area contributed by atoms with E-state index in [4.69, 9.17) is 4.74 Å². The summed E-state index contributed by atoms with van der Waals surface area (Å²) < 4.78 is 33.2. The van der Waals surface area contributed by atoms with Crippen molar-refractivity contribution in [3.05, 3.63) is 40.9 Å². The van der Waals surface area contributed by atoms with E-state index < -0.39 is 10.0 Å². The van der Waals surface area contributed by atoms with Crippen molar-refractivity contribution in [2.45, 2.75) is 62.5 Å². The van der Waals surface area contributed by atoms with Gasteiger partial charge in [0.25, 0.3) is 10.0 Å². The highest BCUT2D eigenvalue weighted by Crippen LogP contribution is 2.27. The molecule has 2 unspecified atom stereocenters. The van der Waals surface area contributed by atoms with Crippen LogP contribution in [-0.2, 0) is 32.5 Å². The van der Waals surface area contributed by atoms with Gasteiger partial charge in [0.1, 0.15) is 10.0 Å². The van der Waals surface area contributed by atoms with Gasteiger partial charge in [-0.1, -0.05) is 12.5 Å². The number of hydrogen-bond acceptors (Lipinski definition) is 7. The minimum absolute atomic E-state index is 0.140. The molecule has 2 aromatic rings. The van der Waals surface area contributed by atoms with E-state index in [9.17, 15) is 13.2 Å². The second kappa shape index (κ2) is 10.5. The molecule has 1 amide bonds. The fourth-order valence-electron chi connectivity index (χ4n) is 4.32. The molecule has 0 aliphatic carbocycles. The summed E-state index contributed by atoms with van der Waals surface area (Å²) in [5.74, 6) is 0.770. The van der Waals surface area contributed by atoms with Gasteiger partial charge in [0, 0.05) is 43.8 Å². The number of thiophene rings is 1. The number of aromatic nitrogens is 1. The van der Waals surface area contributed by atoms with Crippen LogP contribution in [0.25, 0.3) is 0 Å². The van der Waals surface area contributed by atoms with E-state index in [2.05, 4.69) is 29.0 Å². The first-order valence-corrected chi connectivity index (χ1v) is 13.8. The fraction of sp³-hybridized carbons (Fsp3) is 0.565. The molecule has 8 nitrogen and oxygen atoms in total. The summed E-state index contributed by atoms with van der Waals surface area (Å²) in [7, 11) is -3.45. The van der Waals surface area contributed by atoms with Gasteiger partial charge in [0.05, 0.1) is 18.6 Å². The van der Waals surface area contributed by atoms with Gasteiger partial charge < -0.3 is 15.0 Å². The molecule has 4 rings (SSSR count). The van der Waals surface area contributed by atoms with Crippen molar-refractivity contribution in [1.29, 1.82) is 0 Å². The third kappa shape index (κ3) is 6.11. The SMILES string of the molecule is CC1CN(c2ccc(CNC(=O)Cc3ccc(S(=O)(=O)N4CCCCC4)s3)cn2)CC(C)O1. The fourth-order valence-corrected chi connectivity index (χ4v) is 7.34. The zero-order valence-electron chi connectivity index (χ0n) is 19.2. The smallest absolute Gasteiger partial charge is 0.252 e. The number of sulfonamides is 1. The first-order valence-electron chi connectivity index (χ1n) is 11.5. The number of hydrogen-bond donors (Lipinski definition) is 1. The molecule has 2 fully saturated rings. The maximum Gasteiger partial charge on any atom is 0.252 e. The Balaban J connectivity index is 1.28. The average molecular weight is 493 g/mol. The Kier molecular flexibility index (Phi) is 7.68. The lowest BCUT2D eigenvalue weighted by Crippen LogP contribution is -2.45. The minimum Gasteiger partial charge on any atom is -0.372 e. The Morgan fingerprint density at radius 1 is 1.12 bits per heavy atom. The molecule has 0 bridgehead atoms. The predicted octanol–water partition coefficient (Wildman–Crippen LogP) is 2.79. The van der Waals surface area contributed by atoms with Gasteiger partial charge in [-0.05, 0) is 50.5 Å². The van der Waals surface area contributed by atoms with Crippen molar-refractivity contribution in [2.24, 2.45) is 0 Å². The van der Waals surface area contributed by atoms with Crippen molar-refractivity contribution >= 4 is 33.1 Å². The number of morpholine rings is 1. The maximum atomic E-state index is 12.8. The molecule has 33 heavy (non-hydrogen) atoms. The molecule has 2 saturated heterocycles. The first kappa shape index (κ1) is 24.1. The Labute approximate surface area is 200 Å². The standard InChI is InChI=1S/C23H32N4O4S2/c1-17-15-26(16-18(2)31-17)21-8-6-19(13-24-21)14-25-22(28)12-20-7-9-23(32-20)33(29,30)27-10-4-3-5-11-27/h6-9,13,17-18H,3-5,10-12,14-16H2,1-2H3,(H,25,28). The van der Waals surface area contributed by atoms with Crippen LogP contribution in [0.3, 0.4) is 0 Å². The lowest BCUT2D eigenvalue weighted by atomic mass is 10.2. The second-order valence-corrected chi connectivity index (χ2v) is 12.2. The average Bonchev–Trinajstić information content (AvgIpc) is 3.27. The van der Waals surface area contributed by atoms with Gasteiger partial charge in [-0.3, -0.25) is 4.79 Å². The molecule has 2 atom stereocenters. The van der Waals surface area contributed by atoms with Gasteiger partial charge >= 0.3 is 0 Å². The molecule has 10 heteroatoms. The topological polar surface area (TPSA) is 91.8 Å². The van der Waals surface area contributed by atoms with E-state index >= 15 is 0 Å². The zero-order chi connectivity index (χ0) is 23.4. The van der Waals surface area contributed by atoms with Crippen LogP contribution in [-0.4, -0.2) is 62.0 Å². The van der Waals surface area contributed by atoms with E-state index in [-0.39, 0.29) is 24.5 Å². The van der Waals surface area contributed by atoms with Crippen molar-refractivity contribution < 1.29 is 17.9 Å². The van der Waals surface area contributed by atoms with Crippen molar-refractivity contribution in [1.82, 2.24) is 14.6 Å². The number of nitrogens with one attached hydrogen (secondary N) is 1. The number of piperidine rings is 1. The van der Waals surface area contributed by atoms with Gasteiger partial charge in [0.15, 0.2) is 0 Å². The lowest BCUT2D eigenvalue weighted by Gasteiger charge is -2.36. The number of nitrogens with zero attached hydrogens (tertiary/aromatic N) is 3. The Morgan fingerprint density at radius 3 is 2.52 bits per heavy atom. The van der Waals surface area contributed by atoms with Crippen LogP contribution in [0.1, 0.15) is 43.6 Å². The molecule has 2 aliphatic rings. The quantitative estimate of drug-likeness (QED) is 0.639. The maximum absolute atomic E-state index is 12.8. The van der Waals surface area contributed by atoms with E-state index in [1.54, 1.807) is 22.6 Å². The van der Waals surface area contributed by atoms with Crippen LogP contribution < -0.4 is 10.2 Å². The number of anilines is 1. The van der Waals surface area contributed by atoms with E-state index in [1.807, 2.05) is 12.1 Å². The number of carbonyl (C=O) groups excluding carboxylic acids is 1. The summed E-state index contributed by atoms with van der Waals surface area (Å²) in [5.41, 5.74) is 0.918. The van der Waals surface area contributed by atoms with Crippen molar-refractivity contribution in [3.8, 4) is 0 Å². The minimum atomic E-state index is -3.45. The van der Waals surface area contributed by atoms with Crippen molar-refractivity contribution in [2.75, 3.05) is 31.1 Å². The number of pyridine rings is 1. The summed E-state index contributed by atoms with van der Waals surface area (Å²) in [4.78, 5) is 19.9. The largest absolute Gasteiger partial charge is 0.372 e. The Morgan fingerprint density at radius 2 is 1.85 bits per heavy atom. The molecule has 2 aliphatic heterocycles. The molecular weight excluding hydrogens is 460 g/mol. The van der Waals surface area contributed by atoms with E-state index in [0.29, 0.717) is 23.8 Å². The zero-order valence-corrected chi connectivity index (χ0v) is 20.8. The number of rotatable bonds is 7. The highest BCUT2D eigenvalue weighted by atomic mass is 32.2. The van der Waals surface area contributed by atoms with E-state index in [1.165, 1.54) is 11.3 Å². The number of amides is 1. The highest BCUT2D eigenvalue weighted by Gasteiger charge is 2.27. The molecule has 4 heterocycles. The summed E-state index contributed by atoms with van der Waals surface area (Å²) in [5, 5.41) is 2.91. The predicted molar refractivity (Wildman–Crippen MR) is 129 cm³/mol. The Hall–Kier alpha value is -2.01. The van der Waals surface area contributed by atoms with Crippen LogP contribution in [0.5, 0.6) is 0 Å². The summed E-state index contributed by atoms with van der Waals surface area (Å²) in [6.07, 6.45) is 5.17. The van der Waals surface area contributed by atoms with E-state index in [0.717, 1.165) is 48.6 Å². The molecule has 2 aromatic heterocycles. The summed E-state index contributed by atoms with van der Waals surface area (Å²) in [6, 6.07) is 7.31. The van der Waals surface area contributed by atoms with Crippen LogP contribution in [0, 0.1) is 0 Å². The van der Waals surface area contributed by atoms with Crippen LogP contribution >= 0.6 is 11.3 Å². The second-order valence-electron chi connectivity index (χ2n) is 8.83. The molecule has 0 saturated carbocycles. The Bertz CT molecular complexity index is 1040. The normalized spacial score (nSPS) is 22.3. The molecule has 0 spiro atoms. The van der Waals surface area contributed by atoms with Gasteiger partial charge in [-0.15, -0.1) is 11.3 Å². The lowest BCUT2D eigenvalue weighted by molar-refractivity contribution is -0.120. The molecular formula is C23H32N4O4S2. The number of carbonyl (C=O) groups is 1. The third-order valence-electron chi connectivity index (χ3n) is 5.92. The molecule has 180 valence electrons. The van der Waals surface area contributed by atoms with Gasteiger partial charge in [0.2, 0.25) is 5.91 Å².